The summed E-state index contributed by atoms with van der Waals surface area (Å²) >= 11 is 11.2. The number of halogens is 2. The molecule has 0 fully saturated rings. The largest absolute Gasteiger partial charge is 0.294 e. The molecule has 0 atom stereocenters. The van der Waals surface area contributed by atoms with E-state index in [0.29, 0.717) is 11.8 Å². The number of rotatable bonds is 1. The molecule has 1 aromatic heterocycles. The van der Waals surface area contributed by atoms with Crippen LogP contribution in [0.25, 0.3) is 0 Å². The van der Waals surface area contributed by atoms with Gasteiger partial charge < -0.3 is 0 Å². The van der Waals surface area contributed by atoms with E-state index in [2.05, 4.69) is 9.97 Å². The van der Waals surface area contributed by atoms with Gasteiger partial charge >= 0.3 is 0 Å². The Hall–Kier alpha value is -0.670. The van der Waals surface area contributed by atoms with Crippen molar-refractivity contribution in [2.24, 2.45) is 0 Å². The Bertz CT molecular complexity index is 278. The van der Waals surface area contributed by atoms with Crippen LogP contribution >= 0.6 is 23.2 Å². The third-order valence-corrected chi connectivity index (χ3v) is 1.89. The first-order valence-electron chi connectivity index (χ1n) is 2.80. The Kier molecular flexibility index (Phi) is 2.42. The lowest BCUT2D eigenvalue weighted by Crippen LogP contribution is -1.95. The molecule has 1 aromatic rings. The van der Waals surface area contributed by atoms with Gasteiger partial charge in [-0.25, -0.2) is 9.97 Å². The third kappa shape index (κ3) is 1.67. The maximum atomic E-state index is 10.2. The number of aromatic nitrogens is 2. The van der Waals surface area contributed by atoms with Gasteiger partial charge in [-0.2, -0.15) is 0 Å². The summed E-state index contributed by atoms with van der Waals surface area (Å²) in [6.07, 6.45) is 0.497. The summed E-state index contributed by atoms with van der Waals surface area (Å²) in [4.78, 5) is 17.5. The normalized spacial score (nSPS) is 9.73. The average Bonchev–Trinajstić information content (AvgIpc) is 1.99. The molecule has 0 radical (unpaired) electrons. The van der Waals surface area contributed by atoms with Crippen LogP contribution in [0, 0.1) is 6.92 Å². The summed E-state index contributed by atoms with van der Waals surface area (Å²) in [5.41, 5.74) is 0.582. The minimum Gasteiger partial charge on any atom is -0.294 e. The number of hydrogen-bond acceptors (Lipinski definition) is 3. The van der Waals surface area contributed by atoms with E-state index < -0.39 is 0 Å². The molecular weight excluding hydrogens is 187 g/mol. The first kappa shape index (κ1) is 8.43. The molecule has 1 heterocycles. The molecule has 0 saturated carbocycles. The van der Waals surface area contributed by atoms with Crippen molar-refractivity contribution >= 4 is 29.5 Å². The van der Waals surface area contributed by atoms with Gasteiger partial charge in [0.1, 0.15) is 10.3 Å². The van der Waals surface area contributed by atoms with E-state index in [4.69, 9.17) is 23.2 Å². The highest BCUT2D eigenvalue weighted by Gasteiger charge is 2.05. The van der Waals surface area contributed by atoms with Crippen LogP contribution in [0.15, 0.2) is 0 Å². The fourth-order valence-corrected chi connectivity index (χ4v) is 0.932. The molecule has 0 unspecified atom stereocenters. The van der Waals surface area contributed by atoms with Crippen LogP contribution in [0.4, 0.5) is 0 Å². The lowest BCUT2D eigenvalue weighted by atomic mass is 10.4. The Balaban J connectivity index is 3.31. The molecule has 1 rings (SSSR count). The van der Waals surface area contributed by atoms with Crippen LogP contribution in [0.2, 0.25) is 10.3 Å². The van der Waals surface area contributed by atoms with Crippen LogP contribution in [0.1, 0.15) is 16.2 Å². The molecule has 0 aromatic carbocycles. The fourth-order valence-electron chi connectivity index (χ4n) is 0.532. The van der Waals surface area contributed by atoms with Gasteiger partial charge in [0.15, 0.2) is 12.1 Å². The van der Waals surface area contributed by atoms with Crippen LogP contribution in [-0.4, -0.2) is 16.3 Å². The lowest BCUT2D eigenvalue weighted by molar-refractivity contribution is 0.111. The van der Waals surface area contributed by atoms with E-state index in [1.54, 1.807) is 6.92 Å². The summed E-state index contributed by atoms with van der Waals surface area (Å²) in [6, 6.07) is 0. The van der Waals surface area contributed by atoms with E-state index in [1.807, 2.05) is 0 Å². The number of carbonyl (C=O) groups is 1. The predicted molar refractivity (Wildman–Crippen MR) is 42.2 cm³/mol. The van der Waals surface area contributed by atoms with Crippen molar-refractivity contribution in [2.45, 2.75) is 6.92 Å². The van der Waals surface area contributed by atoms with Crippen molar-refractivity contribution < 1.29 is 4.79 Å². The van der Waals surface area contributed by atoms with Crippen molar-refractivity contribution in [3.8, 4) is 0 Å². The van der Waals surface area contributed by atoms with Gasteiger partial charge in [0, 0.05) is 5.56 Å². The zero-order valence-electron chi connectivity index (χ0n) is 5.64. The summed E-state index contributed by atoms with van der Waals surface area (Å²) in [5.74, 6) is 0.00519. The number of nitrogens with zero attached hydrogens (tertiary/aromatic N) is 2. The van der Waals surface area contributed by atoms with Gasteiger partial charge in [-0.15, -0.1) is 0 Å². The number of carbonyl (C=O) groups excluding carboxylic acids is 1. The minimum absolute atomic E-state index is 0.00519. The smallest absolute Gasteiger partial charge is 0.195 e. The maximum absolute atomic E-state index is 10.2. The van der Waals surface area contributed by atoms with E-state index >= 15 is 0 Å². The van der Waals surface area contributed by atoms with Gasteiger partial charge in [-0.05, 0) is 6.92 Å². The number of aldehydes is 1. The quantitative estimate of drug-likeness (QED) is 0.502. The monoisotopic (exact) mass is 190 g/mol. The molecule has 5 heteroatoms. The Morgan fingerprint density at radius 1 is 1.27 bits per heavy atom. The maximum Gasteiger partial charge on any atom is 0.195 e. The van der Waals surface area contributed by atoms with Crippen molar-refractivity contribution in [3.05, 3.63) is 21.7 Å². The Labute approximate surface area is 73.4 Å². The minimum atomic E-state index is 0.00519. The van der Waals surface area contributed by atoms with Crippen molar-refractivity contribution in [1.82, 2.24) is 9.97 Å². The summed E-state index contributed by atoms with van der Waals surface area (Å²) in [6.45, 7) is 1.68. The van der Waals surface area contributed by atoms with Gasteiger partial charge in [0.2, 0.25) is 0 Å². The summed E-state index contributed by atoms with van der Waals surface area (Å²) in [5, 5.41) is 0.430. The van der Waals surface area contributed by atoms with Crippen LogP contribution < -0.4 is 0 Å². The van der Waals surface area contributed by atoms with Crippen LogP contribution in [0.5, 0.6) is 0 Å². The van der Waals surface area contributed by atoms with Gasteiger partial charge in [-0.1, -0.05) is 23.2 Å². The second-order valence-corrected chi connectivity index (χ2v) is 2.62. The van der Waals surface area contributed by atoms with Gasteiger partial charge in [0.25, 0.3) is 0 Å². The Morgan fingerprint density at radius 3 is 2.09 bits per heavy atom. The zero-order valence-corrected chi connectivity index (χ0v) is 7.15. The van der Waals surface area contributed by atoms with Crippen LogP contribution in [0.3, 0.4) is 0 Å². The highest BCUT2D eigenvalue weighted by Crippen LogP contribution is 2.18. The van der Waals surface area contributed by atoms with E-state index in [9.17, 15) is 4.79 Å². The second kappa shape index (κ2) is 3.15. The molecule has 0 bridgehead atoms. The molecular formula is C6H4Cl2N2O. The molecule has 0 saturated heterocycles. The zero-order chi connectivity index (χ0) is 8.43. The fraction of sp³-hybridized carbons (Fsp3) is 0.167. The molecule has 0 spiro atoms. The molecule has 0 aliphatic carbocycles. The topological polar surface area (TPSA) is 42.9 Å². The second-order valence-electron chi connectivity index (χ2n) is 1.91. The average molecular weight is 191 g/mol. The van der Waals surface area contributed by atoms with Crippen LogP contribution in [-0.2, 0) is 0 Å². The first-order valence-corrected chi connectivity index (χ1v) is 3.55. The predicted octanol–water partition coefficient (Wildman–Crippen LogP) is 1.90. The summed E-state index contributed by atoms with van der Waals surface area (Å²) in [7, 11) is 0. The standard InChI is InChI=1S/C6H4Cl2N2O/c1-3-5(7)9-4(2-11)10-6(3)8/h2H,1H3. The van der Waals surface area contributed by atoms with Crippen molar-refractivity contribution in [3.63, 3.8) is 0 Å². The lowest BCUT2D eigenvalue weighted by Gasteiger charge is -1.98. The highest BCUT2D eigenvalue weighted by molar-refractivity contribution is 6.34. The molecule has 58 valence electrons. The number of hydrogen-bond donors (Lipinski definition) is 0. The van der Waals surface area contributed by atoms with Gasteiger partial charge in [-0.3, -0.25) is 4.79 Å². The van der Waals surface area contributed by atoms with E-state index in [0.717, 1.165) is 0 Å². The van der Waals surface area contributed by atoms with E-state index in [-0.39, 0.29) is 16.1 Å². The molecule has 0 N–H and O–H groups in total. The summed E-state index contributed by atoms with van der Waals surface area (Å²) < 4.78 is 0. The van der Waals surface area contributed by atoms with E-state index in [1.165, 1.54) is 0 Å². The highest BCUT2D eigenvalue weighted by atomic mass is 35.5. The molecule has 0 aliphatic rings. The third-order valence-electron chi connectivity index (χ3n) is 1.15. The van der Waals surface area contributed by atoms with Crippen molar-refractivity contribution in [1.29, 1.82) is 0 Å². The molecule has 0 aliphatic heterocycles. The molecule has 0 amide bonds. The van der Waals surface area contributed by atoms with Gasteiger partial charge in [0.05, 0.1) is 0 Å². The molecule has 3 nitrogen and oxygen atoms in total. The SMILES string of the molecule is Cc1c(Cl)nc(C=O)nc1Cl. The van der Waals surface area contributed by atoms with Crippen molar-refractivity contribution in [2.75, 3.05) is 0 Å². The Morgan fingerprint density at radius 2 is 1.73 bits per heavy atom. The first-order chi connectivity index (χ1) is 5.15. The molecule has 11 heavy (non-hydrogen) atoms.